The van der Waals surface area contributed by atoms with Gasteiger partial charge in [-0.15, -0.1) is 5.10 Å². The number of hydrogen-bond acceptors (Lipinski definition) is 8. The maximum absolute atomic E-state index is 13.5. The van der Waals surface area contributed by atoms with Crippen LogP contribution in [0.4, 0.5) is 5.69 Å². The number of aromatic nitrogens is 5. The molecule has 0 aliphatic carbocycles. The Labute approximate surface area is 256 Å². The van der Waals surface area contributed by atoms with E-state index in [4.69, 9.17) is 19.6 Å². The van der Waals surface area contributed by atoms with E-state index in [1.807, 2.05) is 38.1 Å². The summed E-state index contributed by atoms with van der Waals surface area (Å²) >= 11 is 0. The summed E-state index contributed by atoms with van der Waals surface area (Å²) in [4.78, 5) is 5.11. The number of rotatable bonds is 8. The fraction of sp³-hybridized carbons (Fsp3) is 0.406. The third-order valence-electron chi connectivity index (χ3n) is 8.11. The van der Waals surface area contributed by atoms with Gasteiger partial charge in [-0.3, -0.25) is 4.98 Å². The topological polar surface area (TPSA) is 130 Å². The SMILES string of the molecule is [2H]C([2H])([2H])c1nnn(C)c1-c1cnc2c3c(NCC(C)(C)N)ccc(S(C)(=O)=O)c3n([C@H](c3ccccc3)C3CCOCC3)c2c1. The van der Waals surface area contributed by atoms with Crippen LogP contribution in [0, 0.1) is 12.8 Å². The van der Waals surface area contributed by atoms with Crippen molar-refractivity contribution in [1.29, 1.82) is 0 Å². The lowest BCUT2D eigenvalue weighted by Gasteiger charge is -2.33. The lowest BCUT2D eigenvalue weighted by atomic mass is 9.86. The van der Waals surface area contributed by atoms with E-state index >= 15 is 0 Å². The van der Waals surface area contributed by atoms with Gasteiger partial charge in [-0.1, -0.05) is 35.5 Å². The zero-order valence-corrected chi connectivity index (χ0v) is 25.6. The van der Waals surface area contributed by atoms with Crippen molar-refractivity contribution >= 4 is 37.5 Å². The molecule has 1 saturated heterocycles. The average molecular weight is 605 g/mol. The van der Waals surface area contributed by atoms with Gasteiger partial charge >= 0.3 is 0 Å². The largest absolute Gasteiger partial charge is 0.383 e. The Morgan fingerprint density at radius 1 is 1.19 bits per heavy atom. The molecule has 0 amide bonds. The van der Waals surface area contributed by atoms with Crippen molar-refractivity contribution < 1.29 is 17.3 Å². The summed E-state index contributed by atoms with van der Waals surface area (Å²) < 4.78 is 60.6. The second-order valence-electron chi connectivity index (χ2n) is 12.1. The summed E-state index contributed by atoms with van der Waals surface area (Å²) in [5, 5.41) is 12.1. The van der Waals surface area contributed by atoms with Gasteiger partial charge in [0.15, 0.2) is 9.84 Å². The van der Waals surface area contributed by atoms with Gasteiger partial charge in [-0.25, -0.2) is 13.1 Å². The van der Waals surface area contributed by atoms with Crippen LogP contribution < -0.4 is 11.1 Å². The molecule has 1 atom stereocenters. The lowest BCUT2D eigenvalue weighted by Crippen LogP contribution is -2.39. The van der Waals surface area contributed by atoms with E-state index in [-0.39, 0.29) is 22.5 Å². The predicted octanol–water partition coefficient (Wildman–Crippen LogP) is 4.86. The first-order valence-corrected chi connectivity index (χ1v) is 16.3. The number of nitrogens with zero attached hydrogens (tertiary/aromatic N) is 5. The molecule has 11 heteroatoms. The highest BCUT2D eigenvalue weighted by Gasteiger charge is 2.33. The van der Waals surface area contributed by atoms with Crippen LogP contribution in [-0.2, 0) is 21.6 Å². The Morgan fingerprint density at radius 2 is 1.93 bits per heavy atom. The summed E-state index contributed by atoms with van der Waals surface area (Å²) in [6.07, 6.45) is 4.37. The quantitative estimate of drug-likeness (QED) is 0.257. The minimum atomic E-state index is -3.72. The molecule has 1 aliphatic rings. The average Bonchev–Trinajstić information content (AvgIpc) is 3.55. The molecule has 1 aliphatic heterocycles. The Kier molecular flexibility index (Phi) is 6.59. The highest BCUT2D eigenvalue weighted by molar-refractivity contribution is 7.91. The molecule has 0 radical (unpaired) electrons. The van der Waals surface area contributed by atoms with Gasteiger partial charge in [0.1, 0.15) is 0 Å². The van der Waals surface area contributed by atoms with Crippen molar-refractivity contribution in [1.82, 2.24) is 24.5 Å². The smallest absolute Gasteiger partial charge is 0.177 e. The number of benzene rings is 2. The molecule has 43 heavy (non-hydrogen) atoms. The maximum Gasteiger partial charge on any atom is 0.177 e. The fourth-order valence-corrected chi connectivity index (χ4v) is 7.05. The van der Waals surface area contributed by atoms with E-state index in [1.54, 1.807) is 25.4 Å². The molecule has 0 bridgehead atoms. The number of aryl methyl sites for hydroxylation is 2. The number of nitrogens with two attached hydrogens (primary N) is 1. The summed E-state index contributed by atoms with van der Waals surface area (Å²) in [6.45, 7) is 2.93. The van der Waals surface area contributed by atoms with Gasteiger partial charge < -0.3 is 20.4 Å². The Morgan fingerprint density at radius 3 is 2.60 bits per heavy atom. The van der Waals surface area contributed by atoms with E-state index in [2.05, 4.69) is 32.3 Å². The molecule has 3 aromatic heterocycles. The number of pyridine rings is 1. The third-order valence-corrected chi connectivity index (χ3v) is 9.24. The predicted molar refractivity (Wildman–Crippen MR) is 170 cm³/mol. The van der Waals surface area contributed by atoms with E-state index < -0.39 is 22.2 Å². The summed E-state index contributed by atoms with van der Waals surface area (Å²) in [5.74, 6) is 0.113. The van der Waals surface area contributed by atoms with Crippen LogP contribution >= 0.6 is 0 Å². The number of hydrogen-bond donors (Lipinski definition) is 2. The standard InChI is InChI=1S/C32H39N7O3S/c1-20-29(38(4)37-36-20)23-17-25-28(34-18-23)27-24(35-19-32(2,3)33)11-12-26(43(5,40)41)31(27)39(25)30(21-9-7-6-8-10-21)22-13-15-42-16-14-22/h6-12,17-18,22,30,35H,13-16,19,33H2,1-5H3/t30-/m1/s1/i1D3. The highest BCUT2D eigenvalue weighted by Crippen LogP contribution is 2.45. The summed E-state index contributed by atoms with van der Waals surface area (Å²) in [7, 11) is -2.07. The molecule has 0 saturated carbocycles. The normalized spacial score (nSPS) is 17.1. The van der Waals surface area contributed by atoms with Crippen LogP contribution in [0.2, 0.25) is 0 Å². The van der Waals surface area contributed by atoms with Crippen LogP contribution in [0.15, 0.2) is 59.6 Å². The molecule has 3 N–H and O–H groups in total. The molecule has 1 fully saturated rings. The van der Waals surface area contributed by atoms with Gasteiger partial charge in [-0.05, 0) is 63.2 Å². The van der Waals surface area contributed by atoms with Crippen molar-refractivity contribution in [2.45, 2.75) is 50.0 Å². The second-order valence-corrected chi connectivity index (χ2v) is 14.1. The maximum atomic E-state index is 13.5. The zero-order chi connectivity index (χ0) is 33.0. The van der Waals surface area contributed by atoms with E-state index in [9.17, 15) is 8.42 Å². The van der Waals surface area contributed by atoms with Gasteiger partial charge in [-0.2, -0.15) is 0 Å². The van der Waals surface area contributed by atoms with E-state index in [1.165, 1.54) is 10.9 Å². The molecular formula is C32H39N7O3S. The van der Waals surface area contributed by atoms with Crippen LogP contribution in [0.25, 0.3) is 33.2 Å². The van der Waals surface area contributed by atoms with Gasteiger partial charge in [0, 0.05) is 60.2 Å². The molecule has 4 heterocycles. The van der Waals surface area contributed by atoms with Crippen molar-refractivity contribution in [2.75, 3.05) is 31.3 Å². The molecule has 226 valence electrons. The van der Waals surface area contributed by atoms with Gasteiger partial charge in [0.25, 0.3) is 0 Å². The van der Waals surface area contributed by atoms with Gasteiger partial charge in [0.2, 0.25) is 0 Å². The molecule has 2 aromatic carbocycles. The molecule has 6 rings (SSSR count). The first-order valence-electron chi connectivity index (χ1n) is 15.9. The molecule has 5 aromatic rings. The number of nitrogens with one attached hydrogen (secondary N) is 1. The Bertz CT molecular complexity index is 2010. The van der Waals surface area contributed by atoms with E-state index in [0.717, 1.165) is 18.4 Å². The lowest BCUT2D eigenvalue weighted by molar-refractivity contribution is 0.0552. The van der Waals surface area contributed by atoms with Crippen molar-refractivity contribution in [3.05, 3.63) is 66.0 Å². The Hall–Kier alpha value is -3.80. The fourth-order valence-electron chi connectivity index (χ4n) is 6.18. The highest BCUT2D eigenvalue weighted by atomic mass is 32.2. The number of ether oxygens (including phenoxy) is 1. The number of fused-ring (bicyclic) bond motifs is 3. The van der Waals surface area contributed by atoms with Crippen molar-refractivity contribution in [3.63, 3.8) is 0 Å². The third kappa shape index (κ3) is 5.52. The zero-order valence-electron chi connectivity index (χ0n) is 27.8. The monoisotopic (exact) mass is 604 g/mol. The number of anilines is 1. The molecule has 0 unspecified atom stereocenters. The minimum absolute atomic E-state index is 0.113. The summed E-state index contributed by atoms with van der Waals surface area (Å²) in [5.41, 5.74) is 10.00. The molecule has 0 spiro atoms. The molecular weight excluding hydrogens is 562 g/mol. The van der Waals surface area contributed by atoms with Gasteiger partial charge in [0.05, 0.1) is 44.3 Å². The van der Waals surface area contributed by atoms with E-state index in [0.29, 0.717) is 58.6 Å². The summed E-state index contributed by atoms with van der Waals surface area (Å²) in [6, 6.07) is 15.1. The number of sulfone groups is 1. The van der Waals surface area contributed by atoms with Crippen LogP contribution in [0.1, 0.15) is 48.1 Å². The first-order chi connectivity index (χ1) is 21.6. The van der Waals surface area contributed by atoms with Crippen LogP contribution in [-0.4, -0.2) is 64.5 Å². The van der Waals surface area contributed by atoms with Crippen molar-refractivity contribution in [3.8, 4) is 11.3 Å². The Balaban J connectivity index is 1.77. The van der Waals surface area contributed by atoms with Crippen molar-refractivity contribution in [2.24, 2.45) is 18.7 Å². The van der Waals surface area contributed by atoms with Crippen LogP contribution in [0.5, 0.6) is 0 Å². The second kappa shape index (κ2) is 11.0. The molecule has 10 nitrogen and oxygen atoms in total. The minimum Gasteiger partial charge on any atom is -0.383 e. The van der Waals surface area contributed by atoms with Crippen LogP contribution in [0.3, 0.4) is 0 Å². The first kappa shape index (κ1) is 25.7.